The average Bonchev–Trinajstić information content (AvgIpc) is 2.44. The van der Waals surface area contributed by atoms with Crippen LogP contribution in [0.3, 0.4) is 0 Å². The van der Waals surface area contributed by atoms with Gasteiger partial charge in [-0.2, -0.15) is 5.10 Å². The highest BCUT2D eigenvalue weighted by Crippen LogP contribution is 1.54. The first-order chi connectivity index (χ1) is 5.30. The van der Waals surface area contributed by atoms with Crippen LogP contribution in [0.2, 0.25) is 0 Å². The molecule has 0 aliphatic carbocycles. The zero-order valence-electron chi connectivity index (χ0n) is 7.88. The van der Waals surface area contributed by atoms with Crippen molar-refractivity contribution in [1.82, 2.24) is 14.8 Å². The minimum absolute atomic E-state index is 0.181. The molecule has 1 aromatic heterocycles. The fourth-order valence-corrected chi connectivity index (χ4v) is 0.317. The van der Waals surface area contributed by atoms with Crippen molar-refractivity contribution in [1.29, 1.82) is 0 Å². The van der Waals surface area contributed by atoms with Crippen LogP contribution in [0.5, 0.6) is 0 Å². The number of H-pyrrole nitrogens is 1. The molecule has 0 unspecified atom stereocenters. The molecule has 0 amide bonds. The van der Waals surface area contributed by atoms with E-state index in [9.17, 15) is 4.79 Å². The molecular formula is C7H17N3O. The molecule has 0 spiro atoms. The summed E-state index contributed by atoms with van der Waals surface area (Å²) in [4.78, 5) is 12.6. The van der Waals surface area contributed by atoms with E-state index in [1.54, 1.807) is 7.05 Å². The highest BCUT2D eigenvalue weighted by Gasteiger charge is 1.82. The van der Waals surface area contributed by atoms with E-state index in [-0.39, 0.29) is 5.69 Å². The largest absolute Gasteiger partial charge is 0.342 e. The van der Waals surface area contributed by atoms with E-state index >= 15 is 0 Å². The molecule has 0 aromatic carbocycles. The number of aryl methyl sites for hydroxylation is 1. The Hall–Kier alpha value is -1.06. The smallest absolute Gasteiger partial charge is 0.295 e. The number of aromatic nitrogens is 3. The Bertz CT molecular complexity index is 201. The second-order valence-electron chi connectivity index (χ2n) is 1.22. The molecule has 1 aromatic rings. The van der Waals surface area contributed by atoms with Crippen LogP contribution in [0.15, 0.2) is 11.1 Å². The van der Waals surface area contributed by atoms with Crippen LogP contribution in [0.4, 0.5) is 0 Å². The predicted molar refractivity (Wildman–Crippen MR) is 46.5 cm³/mol. The van der Waals surface area contributed by atoms with Crippen molar-refractivity contribution in [3.8, 4) is 0 Å². The van der Waals surface area contributed by atoms with Crippen molar-refractivity contribution in [2.24, 2.45) is 7.05 Å². The normalized spacial score (nSPS) is 7.00. The van der Waals surface area contributed by atoms with Gasteiger partial charge in [0, 0.05) is 7.05 Å². The van der Waals surface area contributed by atoms with E-state index in [4.69, 9.17) is 0 Å². The predicted octanol–water partition coefficient (Wildman–Crippen LogP) is 1.16. The minimum atomic E-state index is -0.181. The van der Waals surface area contributed by atoms with Crippen molar-refractivity contribution in [3.05, 3.63) is 16.8 Å². The van der Waals surface area contributed by atoms with E-state index in [2.05, 4.69) is 10.1 Å². The highest BCUT2D eigenvalue weighted by atomic mass is 16.1. The summed E-state index contributed by atoms with van der Waals surface area (Å²) in [6.45, 7) is 8.00. The number of rotatable bonds is 0. The minimum Gasteiger partial charge on any atom is -0.295 e. The molecule has 0 atom stereocenters. The molecule has 66 valence electrons. The number of aromatic amines is 1. The van der Waals surface area contributed by atoms with Gasteiger partial charge < -0.3 is 0 Å². The van der Waals surface area contributed by atoms with Crippen molar-refractivity contribution < 1.29 is 0 Å². The van der Waals surface area contributed by atoms with Crippen LogP contribution in [0, 0.1) is 0 Å². The third-order valence-corrected chi connectivity index (χ3v) is 0.713. The Morgan fingerprint density at radius 3 is 1.91 bits per heavy atom. The molecule has 1 rings (SSSR count). The molecule has 0 saturated heterocycles. The van der Waals surface area contributed by atoms with Crippen LogP contribution in [-0.2, 0) is 7.05 Å². The van der Waals surface area contributed by atoms with Crippen LogP contribution < -0.4 is 5.69 Å². The summed E-state index contributed by atoms with van der Waals surface area (Å²) in [6.07, 6.45) is 1.35. The van der Waals surface area contributed by atoms with Crippen molar-refractivity contribution in [2.75, 3.05) is 0 Å². The Labute approximate surface area is 67.3 Å². The third-order valence-electron chi connectivity index (χ3n) is 0.713. The molecule has 4 nitrogen and oxygen atoms in total. The van der Waals surface area contributed by atoms with Gasteiger partial charge in [0.2, 0.25) is 0 Å². The lowest BCUT2D eigenvalue weighted by atomic mass is 11.0. The van der Waals surface area contributed by atoms with E-state index in [1.165, 1.54) is 11.0 Å². The van der Waals surface area contributed by atoms with E-state index < -0.39 is 0 Å². The monoisotopic (exact) mass is 159 g/mol. The maximum atomic E-state index is 10.3. The molecule has 0 bridgehead atoms. The second-order valence-corrected chi connectivity index (χ2v) is 1.22. The molecule has 0 aliphatic rings. The number of nitrogens with zero attached hydrogens (tertiary/aromatic N) is 2. The maximum absolute atomic E-state index is 10.3. The summed E-state index contributed by atoms with van der Waals surface area (Å²) < 4.78 is 1.22. The van der Waals surface area contributed by atoms with E-state index in [0.29, 0.717) is 0 Å². The van der Waals surface area contributed by atoms with Gasteiger partial charge in [0.1, 0.15) is 6.33 Å². The lowest BCUT2D eigenvalue weighted by Crippen LogP contribution is -2.12. The first kappa shape index (κ1) is 12.6. The van der Waals surface area contributed by atoms with Gasteiger partial charge in [0.15, 0.2) is 0 Å². The lowest BCUT2D eigenvalue weighted by molar-refractivity contribution is 0.734. The number of hydrogen-bond donors (Lipinski definition) is 1. The zero-order chi connectivity index (χ0) is 9.28. The summed E-state index contributed by atoms with van der Waals surface area (Å²) in [5, 5.41) is 3.56. The Morgan fingerprint density at radius 2 is 1.82 bits per heavy atom. The quantitative estimate of drug-likeness (QED) is 0.617. The van der Waals surface area contributed by atoms with Gasteiger partial charge in [-0.15, -0.1) is 0 Å². The SMILES string of the molecule is CC.CC.Cn1nc[nH]c1=O. The van der Waals surface area contributed by atoms with Gasteiger partial charge in [0.05, 0.1) is 0 Å². The standard InChI is InChI=1S/C3H5N3O.2C2H6/c1-6-3(7)4-2-5-6;2*1-2/h2H,1H3,(H,4,5,7);2*1-2H3. The summed E-state index contributed by atoms with van der Waals surface area (Å²) in [7, 11) is 1.58. The summed E-state index contributed by atoms with van der Waals surface area (Å²) in [5.41, 5.74) is -0.181. The molecule has 0 radical (unpaired) electrons. The first-order valence-electron chi connectivity index (χ1n) is 3.87. The Morgan fingerprint density at radius 1 is 1.36 bits per heavy atom. The molecule has 0 saturated carbocycles. The number of nitrogens with one attached hydrogen (secondary N) is 1. The van der Waals surface area contributed by atoms with Crippen LogP contribution >= 0.6 is 0 Å². The lowest BCUT2D eigenvalue weighted by Gasteiger charge is -1.74. The number of hydrogen-bond acceptors (Lipinski definition) is 2. The van der Waals surface area contributed by atoms with Crippen molar-refractivity contribution in [2.45, 2.75) is 27.7 Å². The van der Waals surface area contributed by atoms with Crippen LogP contribution in [-0.4, -0.2) is 14.8 Å². The topological polar surface area (TPSA) is 50.7 Å². The molecule has 11 heavy (non-hydrogen) atoms. The fraction of sp³-hybridized carbons (Fsp3) is 0.714. The van der Waals surface area contributed by atoms with Gasteiger partial charge in [-0.05, 0) is 0 Å². The molecule has 1 N–H and O–H groups in total. The van der Waals surface area contributed by atoms with Gasteiger partial charge in [0.25, 0.3) is 0 Å². The second kappa shape index (κ2) is 8.94. The molecule has 4 heteroatoms. The molecular weight excluding hydrogens is 142 g/mol. The first-order valence-corrected chi connectivity index (χ1v) is 3.87. The van der Waals surface area contributed by atoms with Crippen molar-refractivity contribution in [3.63, 3.8) is 0 Å². The van der Waals surface area contributed by atoms with E-state index in [0.717, 1.165) is 0 Å². The fourth-order valence-electron chi connectivity index (χ4n) is 0.317. The summed E-state index contributed by atoms with van der Waals surface area (Å²) in [5.74, 6) is 0. The van der Waals surface area contributed by atoms with Crippen LogP contribution in [0.25, 0.3) is 0 Å². The molecule has 0 aliphatic heterocycles. The van der Waals surface area contributed by atoms with E-state index in [1.807, 2.05) is 27.7 Å². The summed E-state index contributed by atoms with van der Waals surface area (Å²) >= 11 is 0. The van der Waals surface area contributed by atoms with Gasteiger partial charge in [-0.1, -0.05) is 27.7 Å². The Balaban J connectivity index is 0. The Kier molecular flexibility index (Phi) is 10.2. The van der Waals surface area contributed by atoms with Gasteiger partial charge in [-0.25, -0.2) is 9.48 Å². The van der Waals surface area contributed by atoms with Gasteiger partial charge in [-0.3, -0.25) is 4.98 Å². The zero-order valence-corrected chi connectivity index (χ0v) is 7.88. The summed E-state index contributed by atoms with van der Waals surface area (Å²) in [6, 6.07) is 0. The van der Waals surface area contributed by atoms with Crippen LogP contribution in [0.1, 0.15) is 27.7 Å². The third kappa shape index (κ3) is 5.39. The average molecular weight is 159 g/mol. The van der Waals surface area contributed by atoms with Gasteiger partial charge >= 0.3 is 5.69 Å². The molecule has 1 heterocycles. The van der Waals surface area contributed by atoms with Crippen molar-refractivity contribution >= 4 is 0 Å². The molecule has 0 fully saturated rings. The highest BCUT2D eigenvalue weighted by molar-refractivity contribution is 4.54. The maximum Gasteiger partial charge on any atom is 0.342 e.